The molecule has 1 fully saturated rings. The molecule has 2 N–H and O–H groups in total. The van der Waals surface area contributed by atoms with Gasteiger partial charge in [0.25, 0.3) is 5.91 Å². The Morgan fingerprint density at radius 2 is 1.53 bits per heavy atom. The fraction of sp³-hybridized carbons (Fsp3) is 0.185. The predicted octanol–water partition coefficient (Wildman–Crippen LogP) is 3.97. The van der Waals surface area contributed by atoms with E-state index >= 15 is 0 Å². The number of rotatable bonds is 6. The normalized spacial score (nSPS) is 16.6. The minimum atomic E-state index is -0.806. The molecule has 0 saturated carbocycles. The molecule has 3 aromatic carbocycles. The number of benzene rings is 3. The monoisotopic (exact) mass is 426 g/mol. The number of nitrogens with zero attached hydrogens (tertiary/aromatic N) is 1. The average Bonchev–Trinajstić information content (AvgIpc) is 3.24. The molecule has 3 aromatic rings. The van der Waals surface area contributed by atoms with Gasteiger partial charge in [-0.2, -0.15) is 0 Å². The van der Waals surface area contributed by atoms with E-state index in [1.54, 1.807) is 17.0 Å². The Morgan fingerprint density at radius 1 is 0.938 bits per heavy atom. The molecule has 0 radical (unpaired) electrons. The van der Waals surface area contributed by atoms with Gasteiger partial charge in [0.2, 0.25) is 5.91 Å². The van der Waals surface area contributed by atoms with E-state index < -0.39 is 12.1 Å². The van der Waals surface area contributed by atoms with Crippen LogP contribution in [0.4, 0.5) is 0 Å². The van der Waals surface area contributed by atoms with Gasteiger partial charge in [-0.05, 0) is 35.2 Å². The SMILES string of the molecule is C=C1CC(C(=O)NCC(O)c2ccccc2)N(C(=O)c2ccc(-c3ccccc3)cc2)C1. The van der Waals surface area contributed by atoms with E-state index in [4.69, 9.17) is 0 Å². The van der Waals surface area contributed by atoms with Crippen molar-refractivity contribution in [3.63, 3.8) is 0 Å². The molecule has 0 aromatic heterocycles. The zero-order chi connectivity index (χ0) is 22.5. The fourth-order valence-electron chi connectivity index (χ4n) is 3.96. The number of hydrogen-bond acceptors (Lipinski definition) is 3. The average molecular weight is 427 g/mol. The molecule has 5 nitrogen and oxygen atoms in total. The van der Waals surface area contributed by atoms with Gasteiger partial charge in [-0.25, -0.2) is 0 Å². The van der Waals surface area contributed by atoms with E-state index in [-0.39, 0.29) is 18.4 Å². The van der Waals surface area contributed by atoms with E-state index in [1.165, 1.54) is 0 Å². The summed E-state index contributed by atoms with van der Waals surface area (Å²) in [5, 5.41) is 13.1. The van der Waals surface area contributed by atoms with Gasteiger partial charge in [0, 0.05) is 18.7 Å². The second kappa shape index (κ2) is 9.62. The van der Waals surface area contributed by atoms with Gasteiger partial charge in [-0.3, -0.25) is 9.59 Å². The Morgan fingerprint density at radius 3 is 2.19 bits per heavy atom. The molecule has 1 saturated heterocycles. The van der Waals surface area contributed by atoms with E-state index in [9.17, 15) is 14.7 Å². The van der Waals surface area contributed by atoms with Crippen LogP contribution in [0.5, 0.6) is 0 Å². The zero-order valence-corrected chi connectivity index (χ0v) is 17.8. The Balaban J connectivity index is 1.43. The smallest absolute Gasteiger partial charge is 0.254 e. The molecule has 2 unspecified atom stereocenters. The standard InChI is InChI=1S/C27H26N2O3/c1-19-16-24(26(31)28-17-25(30)22-10-6-3-7-11-22)29(18-19)27(32)23-14-12-21(13-15-23)20-8-4-2-5-9-20/h2-15,24-25,30H,1,16-18H2,(H,28,31). The molecule has 0 aliphatic carbocycles. The Labute approximate surface area is 188 Å². The molecule has 2 amide bonds. The molecule has 5 heteroatoms. The first-order chi connectivity index (χ1) is 15.5. The Bertz CT molecular complexity index is 1090. The maximum absolute atomic E-state index is 13.2. The lowest BCUT2D eigenvalue weighted by atomic mass is 10.0. The Hall–Kier alpha value is -3.70. The van der Waals surface area contributed by atoms with E-state index in [1.807, 2.05) is 72.8 Å². The molecular formula is C27H26N2O3. The highest BCUT2D eigenvalue weighted by molar-refractivity contribution is 5.98. The number of aliphatic hydroxyl groups is 1. The topological polar surface area (TPSA) is 69.6 Å². The van der Waals surface area contributed by atoms with Gasteiger partial charge in [-0.15, -0.1) is 0 Å². The van der Waals surface area contributed by atoms with Crippen LogP contribution in [-0.4, -0.2) is 41.0 Å². The maximum Gasteiger partial charge on any atom is 0.254 e. The molecule has 32 heavy (non-hydrogen) atoms. The molecule has 162 valence electrons. The number of amides is 2. The third-order valence-electron chi connectivity index (χ3n) is 5.71. The van der Waals surface area contributed by atoms with Gasteiger partial charge in [0.05, 0.1) is 6.10 Å². The molecule has 0 bridgehead atoms. The molecular weight excluding hydrogens is 400 g/mol. The second-order valence-electron chi connectivity index (χ2n) is 8.02. The number of hydrogen-bond donors (Lipinski definition) is 2. The summed E-state index contributed by atoms with van der Waals surface area (Å²) in [4.78, 5) is 27.6. The fourth-order valence-corrected chi connectivity index (χ4v) is 3.96. The predicted molar refractivity (Wildman–Crippen MR) is 125 cm³/mol. The van der Waals surface area contributed by atoms with Crippen LogP contribution in [0.2, 0.25) is 0 Å². The molecule has 1 aliphatic rings. The highest BCUT2D eigenvalue weighted by Crippen LogP contribution is 2.25. The summed E-state index contributed by atoms with van der Waals surface area (Å²) in [6, 6.07) is 25.9. The lowest BCUT2D eigenvalue weighted by Crippen LogP contribution is -2.46. The van der Waals surface area contributed by atoms with Crippen LogP contribution in [0.3, 0.4) is 0 Å². The minimum absolute atomic E-state index is 0.0830. The van der Waals surface area contributed by atoms with Gasteiger partial charge < -0.3 is 15.3 Å². The third-order valence-corrected chi connectivity index (χ3v) is 5.71. The van der Waals surface area contributed by atoms with Crippen LogP contribution < -0.4 is 5.32 Å². The molecule has 1 aliphatic heterocycles. The van der Waals surface area contributed by atoms with E-state index in [0.29, 0.717) is 18.5 Å². The lowest BCUT2D eigenvalue weighted by molar-refractivity contribution is -0.125. The Kier molecular flexibility index (Phi) is 6.47. The number of aliphatic hydroxyl groups excluding tert-OH is 1. The van der Waals surface area contributed by atoms with Crippen molar-refractivity contribution in [1.82, 2.24) is 10.2 Å². The highest BCUT2D eigenvalue weighted by atomic mass is 16.3. The summed E-state index contributed by atoms with van der Waals surface area (Å²) < 4.78 is 0. The number of carbonyl (C=O) groups is 2. The van der Waals surface area contributed by atoms with Crippen molar-refractivity contribution < 1.29 is 14.7 Å². The summed E-state index contributed by atoms with van der Waals surface area (Å²) in [6.07, 6.45) is -0.388. The first-order valence-corrected chi connectivity index (χ1v) is 10.7. The molecule has 2 atom stereocenters. The second-order valence-corrected chi connectivity index (χ2v) is 8.02. The zero-order valence-electron chi connectivity index (χ0n) is 17.8. The molecule has 0 spiro atoms. The lowest BCUT2D eigenvalue weighted by Gasteiger charge is -2.24. The van der Waals surface area contributed by atoms with Gasteiger partial charge in [0.15, 0.2) is 0 Å². The maximum atomic E-state index is 13.2. The minimum Gasteiger partial charge on any atom is -0.387 e. The van der Waals surface area contributed by atoms with Crippen molar-refractivity contribution in [2.45, 2.75) is 18.6 Å². The van der Waals surface area contributed by atoms with Crippen molar-refractivity contribution in [3.05, 3.63) is 108 Å². The van der Waals surface area contributed by atoms with Crippen LogP contribution in [0.25, 0.3) is 11.1 Å². The van der Waals surface area contributed by atoms with Crippen LogP contribution in [-0.2, 0) is 4.79 Å². The van der Waals surface area contributed by atoms with Crippen LogP contribution in [0, 0.1) is 0 Å². The summed E-state index contributed by atoms with van der Waals surface area (Å²) in [5.74, 6) is -0.486. The summed E-state index contributed by atoms with van der Waals surface area (Å²) in [7, 11) is 0. The summed E-state index contributed by atoms with van der Waals surface area (Å²) in [5.41, 5.74) is 4.20. The van der Waals surface area contributed by atoms with Gasteiger partial charge in [-0.1, -0.05) is 84.9 Å². The quantitative estimate of drug-likeness (QED) is 0.586. The van der Waals surface area contributed by atoms with Crippen LogP contribution >= 0.6 is 0 Å². The molecule has 1 heterocycles. The summed E-state index contributed by atoms with van der Waals surface area (Å²) >= 11 is 0. The summed E-state index contributed by atoms with van der Waals surface area (Å²) in [6.45, 7) is 4.42. The highest BCUT2D eigenvalue weighted by Gasteiger charge is 2.36. The first kappa shape index (κ1) is 21.5. The number of carbonyl (C=O) groups excluding carboxylic acids is 2. The van der Waals surface area contributed by atoms with Gasteiger partial charge in [0.1, 0.15) is 6.04 Å². The van der Waals surface area contributed by atoms with E-state index in [0.717, 1.165) is 22.3 Å². The van der Waals surface area contributed by atoms with Crippen molar-refractivity contribution in [2.24, 2.45) is 0 Å². The largest absolute Gasteiger partial charge is 0.387 e. The van der Waals surface area contributed by atoms with Crippen LogP contribution in [0.1, 0.15) is 28.4 Å². The van der Waals surface area contributed by atoms with Crippen molar-refractivity contribution in [1.29, 1.82) is 0 Å². The van der Waals surface area contributed by atoms with E-state index in [2.05, 4.69) is 11.9 Å². The van der Waals surface area contributed by atoms with Gasteiger partial charge >= 0.3 is 0 Å². The van der Waals surface area contributed by atoms with Crippen molar-refractivity contribution in [3.8, 4) is 11.1 Å². The van der Waals surface area contributed by atoms with Crippen LogP contribution in [0.15, 0.2) is 97.1 Å². The number of likely N-dealkylation sites (tertiary alicyclic amines) is 1. The van der Waals surface area contributed by atoms with Crippen molar-refractivity contribution in [2.75, 3.05) is 13.1 Å². The van der Waals surface area contributed by atoms with Crippen molar-refractivity contribution >= 4 is 11.8 Å². The number of nitrogens with one attached hydrogen (secondary N) is 1. The first-order valence-electron chi connectivity index (χ1n) is 10.7. The molecule has 4 rings (SSSR count). The third kappa shape index (κ3) is 4.79.